The summed E-state index contributed by atoms with van der Waals surface area (Å²) in [6, 6.07) is 8.08. The number of nitrogens with one attached hydrogen (secondary N) is 1. The topological polar surface area (TPSA) is 104 Å². The lowest BCUT2D eigenvalue weighted by Gasteiger charge is -2.49. The van der Waals surface area contributed by atoms with E-state index >= 15 is 0 Å². The Hall–Kier alpha value is -2.48. The molecule has 1 saturated heterocycles. The van der Waals surface area contributed by atoms with Gasteiger partial charge in [0.2, 0.25) is 5.91 Å². The van der Waals surface area contributed by atoms with Crippen LogP contribution in [-0.4, -0.2) is 48.7 Å². The number of carboxylic acids is 1. The minimum atomic E-state index is -1.47. The van der Waals surface area contributed by atoms with Gasteiger partial charge >= 0.3 is 5.97 Å². The number of carbonyl (C=O) groups is 3. The average Bonchev–Trinajstić information content (AvgIpc) is 2.55. The van der Waals surface area contributed by atoms with Crippen molar-refractivity contribution in [3.05, 3.63) is 47.7 Å². The molecule has 0 aromatic heterocycles. The number of nitrogens with zero attached hydrogens (tertiary/aromatic N) is 1. The van der Waals surface area contributed by atoms with Crippen LogP contribution in [0.4, 0.5) is 0 Å². The first-order valence-corrected chi connectivity index (χ1v) is 8.68. The Balaban J connectivity index is 1.74. The van der Waals surface area contributed by atoms with Crippen molar-refractivity contribution >= 4 is 28.6 Å². The van der Waals surface area contributed by atoms with E-state index in [9.17, 15) is 23.7 Å². The zero-order chi connectivity index (χ0) is 17.4. The highest BCUT2D eigenvalue weighted by atomic mass is 32.2. The van der Waals surface area contributed by atoms with Crippen LogP contribution in [0.15, 0.2) is 42.1 Å². The first-order valence-electron chi connectivity index (χ1n) is 7.41. The number of fused-ring (bicyclic) bond motifs is 1. The van der Waals surface area contributed by atoms with Crippen LogP contribution in [0.1, 0.15) is 12.5 Å². The molecule has 1 fully saturated rings. The minimum absolute atomic E-state index is 0.0984. The molecular weight excluding hydrogens is 332 g/mol. The van der Waals surface area contributed by atoms with Crippen molar-refractivity contribution in [1.29, 1.82) is 0 Å². The van der Waals surface area contributed by atoms with E-state index in [-0.39, 0.29) is 18.0 Å². The van der Waals surface area contributed by atoms with Gasteiger partial charge in [0.15, 0.2) is 0 Å². The fourth-order valence-corrected chi connectivity index (χ4v) is 4.44. The molecule has 126 valence electrons. The fraction of sp³-hybridized carbons (Fsp3) is 0.312. The zero-order valence-electron chi connectivity index (χ0n) is 12.8. The Morgan fingerprint density at radius 2 is 1.96 bits per heavy atom. The second-order valence-electron chi connectivity index (χ2n) is 5.70. The molecule has 0 radical (unpaired) electrons. The van der Waals surface area contributed by atoms with Crippen molar-refractivity contribution in [2.45, 2.75) is 30.0 Å². The lowest BCUT2D eigenvalue weighted by molar-refractivity contribution is -0.150. The molecule has 0 spiro atoms. The van der Waals surface area contributed by atoms with Crippen LogP contribution < -0.4 is 5.32 Å². The summed E-state index contributed by atoms with van der Waals surface area (Å²) in [5.74, 6) is -2.16. The summed E-state index contributed by atoms with van der Waals surface area (Å²) in [4.78, 5) is 36.6. The highest BCUT2D eigenvalue weighted by molar-refractivity contribution is 7.86. The third-order valence-electron chi connectivity index (χ3n) is 4.04. The highest BCUT2D eigenvalue weighted by Crippen LogP contribution is 2.34. The third-order valence-corrected chi connectivity index (χ3v) is 5.87. The normalized spacial score (nSPS) is 28.5. The predicted octanol–water partition coefficient (Wildman–Crippen LogP) is 0.00150. The lowest BCUT2D eigenvalue weighted by atomic mass is 10.0. The van der Waals surface area contributed by atoms with Crippen LogP contribution in [0.5, 0.6) is 0 Å². The average molecular weight is 348 g/mol. The first-order chi connectivity index (χ1) is 11.4. The molecule has 2 amide bonds. The molecule has 2 heterocycles. The standard InChI is InChI=1S/C16H16N2O5S/c1-9-7-11(16(21)22)18-14(20)13(15(18)24(9)23)17-12(19)8-10-5-3-2-4-6-10/h2-7,9,13,15H,8H2,1H3,(H,17,19)(H,21,22)/t9?,13?,15-,24?/m0/s1. The fourth-order valence-electron chi connectivity index (χ4n) is 2.86. The van der Waals surface area contributed by atoms with Gasteiger partial charge < -0.3 is 10.4 Å². The van der Waals surface area contributed by atoms with Crippen molar-refractivity contribution in [1.82, 2.24) is 10.2 Å². The Bertz CT molecular complexity index is 761. The van der Waals surface area contributed by atoms with E-state index in [0.29, 0.717) is 0 Å². The summed E-state index contributed by atoms with van der Waals surface area (Å²) in [5, 5.41) is 10.4. The Morgan fingerprint density at radius 3 is 2.58 bits per heavy atom. The molecule has 24 heavy (non-hydrogen) atoms. The van der Waals surface area contributed by atoms with Crippen LogP contribution in [0.3, 0.4) is 0 Å². The van der Waals surface area contributed by atoms with Gasteiger partial charge in [-0.05, 0) is 18.6 Å². The van der Waals surface area contributed by atoms with E-state index in [0.717, 1.165) is 10.5 Å². The summed E-state index contributed by atoms with van der Waals surface area (Å²) in [5.41, 5.74) is 0.619. The van der Waals surface area contributed by atoms with E-state index in [4.69, 9.17) is 0 Å². The van der Waals surface area contributed by atoms with Crippen LogP contribution >= 0.6 is 0 Å². The van der Waals surface area contributed by atoms with Gasteiger partial charge in [-0.3, -0.25) is 18.7 Å². The van der Waals surface area contributed by atoms with E-state index < -0.39 is 39.3 Å². The number of benzene rings is 1. The Labute approximate surface area is 140 Å². The SMILES string of the molecule is CC1C=C(C(=O)O)N2C(=O)C(NC(=O)Cc3ccccc3)[C@@H]2S1=O. The summed E-state index contributed by atoms with van der Waals surface area (Å²) in [6.07, 6.45) is 1.41. The van der Waals surface area contributed by atoms with Crippen molar-refractivity contribution < 1.29 is 23.7 Å². The summed E-state index contributed by atoms with van der Waals surface area (Å²) in [7, 11) is -1.47. The maximum absolute atomic E-state index is 12.4. The lowest BCUT2D eigenvalue weighted by Crippen LogP contribution is -2.73. The monoisotopic (exact) mass is 348 g/mol. The van der Waals surface area contributed by atoms with Crippen LogP contribution in [0, 0.1) is 0 Å². The molecule has 7 nitrogen and oxygen atoms in total. The second kappa shape index (κ2) is 6.20. The van der Waals surface area contributed by atoms with Gasteiger partial charge in [-0.1, -0.05) is 30.3 Å². The molecule has 3 rings (SSSR count). The summed E-state index contributed by atoms with van der Waals surface area (Å²) < 4.78 is 12.4. The van der Waals surface area contributed by atoms with Crippen LogP contribution in [0.2, 0.25) is 0 Å². The van der Waals surface area contributed by atoms with Crippen molar-refractivity contribution in [3.63, 3.8) is 0 Å². The summed E-state index contributed by atoms with van der Waals surface area (Å²) >= 11 is 0. The predicted molar refractivity (Wildman–Crippen MR) is 86.0 cm³/mol. The number of rotatable bonds is 4. The van der Waals surface area contributed by atoms with Gasteiger partial charge in [0.25, 0.3) is 5.91 Å². The molecule has 8 heteroatoms. The molecule has 2 N–H and O–H groups in total. The molecule has 2 aliphatic heterocycles. The van der Waals surface area contributed by atoms with E-state index in [1.165, 1.54) is 6.08 Å². The van der Waals surface area contributed by atoms with Gasteiger partial charge in [-0.2, -0.15) is 0 Å². The number of amides is 2. The zero-order valence-corrected chi connectivity index (χ0v) is 13.7. The van der Waals surface area contributed by atoms with E-state index in [1.807, 2.05) is 6.07 Å². The van der Waals surface area contributed by atoms with Crippen molar-refractivity contribution in [2.75, 3.05) is 0 Å². The van der Waals surface area contributed by atoms with E-state index in [2.05, 4.69) is 5.32 Å². The Kier molecular flexibility index (Phi) is 4.23. The molecule has 0 saturated carbocycles. The number of carbonyl (C=O) groups excluding carboxylic acids is 2. The third kappa shape index (κ3) is 2.73. The van der Waals surface area contributed by atoms with Crippen molar-refractivity contribution in [2.24, 2.45) is 0 Å². The van der Waals surface area contributed by atoms with Gasteiger partial charge in [0.1, 0.15) is 17.1 Å². The summed E-state index contributed by atoms with van der Waals surface area (Å²) in [6.45, 7) is 1.63. The molecule has 3 unspecified atom stereocenters. The highest BCUT2D eigenvalue weighted by Gasteiger charge is 2.56. The molecular formula is C16H16N2O5S. The number of hydrogen-bond donors (Lipinski definition) is 2. The quantitative estimate of drug-likeness (QED) is 0.746. The molecule has 2 aliphatic rings. The van der Waals surface area contributed by atoms with E-state index in [1.54, 1.807) is 31.2 Å². The number of β-lactam (4-membered cyclic amide) rings is 1. The van der Waals surface area contributed by atoms with Gasteiger partial charge in [0.05, 0.1) is 22.5 Å². The maximum Gasteiger partial charge on any atom is 0.352 e. The molecule has 1 aromatic carbocycles. The molecule has 0 aliphatic carbocycles. The van der Waals surface area contributed by atoms with Crippen molar-refractivity contribution in [3.8, 4) is 0 Å². The molecule has 4 atom stereocenters. The molecule has 0 bridgehead atoms. The first kappa shape index (κ1) is 16.4. The van der Waals surface area contributed by atoms with Crippen LogP contribution in [0.25, 0.3) is 0 Å². The second-order valence-corrected chi connectivity index (χ2v) is 7.58. The molecule has 1 aromatic rings. The van der Waals surface area contributed by atoms with Gasteiger partial charge in [-0.25, -0.2) is 4.79 Å². The number of hydrogen-bond acceptors (Lipinski definition) is 4. The number of aliphatic carboxylic acids is 1. The largest absolute Gasteiger partial charge is 0.477 e. The maximum atomic E-state index is 12.4. The Morgan fingerprint density at radius 1 is 1.29 bits per heavy atom. The number of carboxylic acid groups (broad SMARTS) is 1. The van der Waals surface area contributed by atoms with Gasteiger partial charge in [0, 0.05) is 0 Å². The van der Waals surface area contributed by atoms with Gasteiger partial charge in [-0.15, -0.1) is 0 Å². The van der Waals surface area contributed by atoms with Crippen LogP contribution in [-0.2, 0) is 31.6 Å². The smallest absolute Gasteiger partial charge is 0.352 e. The minimum Gasteiger partial charge on any atom is -0.477 e.